The van der Waals surface area contributed by atoms with Crippen LogP contribution in [0.1, 0.15) is 21.5 Å². The zero-order valence-corrected chi connectivity index (χ0v) is 16.0. The topological polar surface area (TPSA) is 72.9 Å². The summed E-state index contributed by atoms with van der Waals surface area (Å²) in [5.41, 5.74) is 2.57. The molecule has 0 spiro atoms. The Morgan fingerprint density at radius 1 is 1.04 bits per heavy atom. The maximum atomic E-state index is 12.8. The number of rotatable bonds is 8. The van der Waals surface area contributed by atoms with Gasteiger partial charge in [-0.3, -0.25) is 4.79 Å². The first-order valence-corrected chi connectivity index (χ1v) is 9.93. The predicted octanol–water partition coefficient (Wildman–Crippen LogP) is 2.62. The molecule has 0 N–H and O–H groups in total. The zero-order chi connectivity index (χ0) is 19.2. The zero-order valence-electron chi connectivity index (χ0n) is 15.1. The van der Waals surface area contributed by atoms with E-state index in [9.17, 15) is 13.2 Å². The van der Waals surface area contributed by atoms with E-state index in [0.29, 0.717) is 25.3 Å². The fraction of sp³-hybridized carbons (Fsp3) is 0.316. The Bertz CT molecular complexity index is 829. The number of ether oxygens (including phenoxy) is 1. The third-order valence-electron chi connectivity index (χ3n) is 3.70. The molecule has 2 rings (SSSR count). The van der Waals surface area contributed by atoms with Crippen molar-refractivity contribution >= 4 is 16.0 Å². The van der Waals surface area contributed by atoms with Crippen LogP contribution in [0.4, 0.5) is 0 Å². The van der Waals surface area contributed by atoms with Crippen molar-refractivity contribution in [3.8, 4) is 5.75 Å². The minimum atomic E-state index is -3.56. The van der Waals surface area contributed by atoms with Crippen LogP contribution in [0, 0.1) is 6.92 Å². The van der Waals surface area contributed by atoms with E-state index in [1.54, 1.807) is 48.4 Å². The van der Waals surface area contributed by atoms with E-state index in [1.807, 2.05) is 19.1 Å². The van der Waals surface area contributed by atoms with Gasteiger partial charge in [0.1, 0.15) is 5.75 Å². The Balaban J connectivity index is 2.14. The molecule has 0 saturated carbocycles. The molecule has 2 aromatic carbocycles. The number of methoxy groups -OCH3 is 1. The Hall–Kier alpha value is -2.38. The number of nitrogens with zero attached hydrogens (tertiary/aromatic N) is 1. The monoisotopic (exact) mass is 377 g/mol. The van der Waals surface area contributed by atoms with Gasteiger partial charge in [-0.2, -0.15) is 8.42 Å². The third kappa shape index (κ3) is 6.16. The van der Waals surface area contributed by atoms with Crippen molar-refractivity contribution < 1.29 is 22.1 Å². The van der Waals surface area contributed by atoms with Gasteiger partial charge in [-0.05, 0) is 36.8 Å². The third-order valence-corrected chi connectivity index (χ3v) is 4.19. The maximum absolute atomic E-state index is 12.8. The number of aryl methyl sites for hydroxylation is 1. The fourth-order valence-electron chi connectivity index (χ4n) is 2.38. The van der Waals surface area contributed by atoms with Crippen LogP contribution in [0.15, 0.2) is 48.5 Å². The molecule has 0 aromatic heterocycles. The first kappa shape index (κ1) is 19.9. The van der Waals surface area contributed by atoms with Crippen molar-refractivity contribution in [1.29, 1.82) is 0 Å². The summed E-state index contributed by atoms with van der Waals surface area (Å²) in [7, 11) is -1.97. The van der Waals surface area contributed by atoms with Gasteiger partial charge in [0.2, 0.25) is 0 Å². The van der Waals surface area contributed by atoms with E-state index in [2.05, 4.69) is 0 Å². The van der Waals surface area contributed by atoms with Crippen molar-refractivity contribution in [2.45, 2.75) is 13.5 Å². The predicted molar refractivity (Wildman–Crippen MR) is 99.7 cm³/mol. The van der Waals surface area contributed by atoms with E-state index >= 15 is 0 Å². The standard InChI is InChI=1S/C19H23NO5S/c1-15-4-8-17(9-5-15)19(21)20(12-13-24-2)14-16-6-10-18(11-7-16)25-26(3,22)23/h4-11H,12-14H2,1-3H3. The van der Waals surface area contributed by atoms with Gasteiger partial charge in [0.05, 0.1) is 12.9 Å². The largest absolute Gasteiger partial charge is 0.383 e. The van der Waals surface area contributed by atoms with Gasteiger partial charge in [0, 0.05) is 25.8 Å². The number of carbonyl (C=O) groups excluding carboxylic acids is 1. The molecule has 0 aliphatic heterocycles. The van der Waals surface area contributed by atoms with Gasteiger partial charge in [0.25, 0.3) is 5.91 Å². The van der Waals surface area contributed by atoms with E-state index in [1.165, 1.54) is 0 Å². The minimum absolute atomic E-state index is 0.0847. The lowest BCUT2D eigenvalue weighted by molar-refractivity contribution is 0.0680. The molecule has 0 radical (unpaired) electrons. The second-order valence-corrected chi connectivity index (χ2v) is 7.59. The highest BCUT2D eigenvalue weighted by molar-refractivity contribution is 7.86. The second kappa shape index (κ2) is 8.82. The summed E-state index contributed by atoms with van der Waals surface area (Å²) in [4.78, 5) is 14.5. The first-order valence-electron chi connectivity index (χ1n) is 8.12. The van der Waals surface area contributed by atoms with E-state index < -0.39 is 10.1 Å². The quantitative estimate of drug-likeness (QED) is 0.661. The molecule has 0 bridgehead atoms. The molecular weight excluding hydrogens is 354 g/mol. The van der Waals surface area contributed by atoms with Gasteiger partial charge >= 0.3 is 10.1 Å². The van der Waals surface area contributed by atoms with Crippen LogP contribution >= 0.6 is 0 Å². The summed E-state index contributed by atoms with van der Waals surface area (Å²) in [6, 6.07) is 14.0. The highest BCUT2D eigenvalue weighted by Crippen LogP contribution is 2.16. The number of benzene rings is 2. The highest BCUT2D eigenvalue weighted by Gasteiger charge is 2.16. The molecule has 140 valence electrons. The maximum Gasteiger partial charge on any atom is 0.306 e. The van der Waals surface area contributed by atoms with E-state index in [4.69, 9.17) is 8.92 Å². The molecule has 6 nitrogen and oxygen atoms in total. The molecular formula is C19H23NO5S. The van der Waals surface area contributed by atoms with Crippen LogP contribution in [0.5, 0.6) is 5.75 Å². The highest BCUT2D eigenvalue weighted by atomic mass is 32.2. The van der Waals surface area contributed by atoms with Crippen LogP contribution in [-0.4, -0.2) is 45.7 Å². The molecule has 2 aromatic rings. The summed E-state index contributed by atoms with van der Waals surface area (Å²) >= 11 is 0. The van der Waals surface area contributed by atoms with Gasteiger partial charge in [-0.25, -0.2) is 0 Å². The van der Waals surface area contributed by atoms with Crippen molar-refractivity contribution in [2.75, 3.05) is 26.5 Å². The Kier molecular flexibility index (Phi) is 6.76. The van der Waals surface area contributed by atoms with E-state index in [0.717, 1.165) is 17.4 Å². The number of hydrogen-bond donors (Lipinski definition) is 0. The van der Waals surface area contributed by atoms with Crippen LogP contribution in [0.2, 0.25) is 0 Å². The lowest BCUT2D eigenvalue weighted by Crippen LogP contribution is -2.33. The van der Waals surface area contributed by atoms with Crippen LogP contribution in [-0.2, 0) is 21.4 Å². The molecule has 0 heterocycles. The van der Waals surface area contributed by atoms with E-state index in [-0.39, 0.29) is 11.7 Å². The van der Waals surface area contributed by atoms with Gasteiger partial charge in [-0.15, -0.1) is 0 Å². The molecule has 1 amide bonds. The molecule has 0 atom stereocenters. The molecule has 7 heteroatoms. The normalized spacial score (nSPS) is 11.2. The molecule has 0 aliphatic rings. The van der Waals surface area contributed by atoms with Crippen molar-refractivity contribution in [3.05, 3.63) is 65.2 Å². The summed E-state index contributed by atoms with van der Waals surface area (Å²) < 4.78 is 32.3. The van der Waals surface area contributed by atoms with Crippen LogP contribution in [0.3, 0.4) is 0 Å². The summed E-state index contributed by atoms with van der Waals surface area (Å²) in [6.07, 6.45) is 0.994. The molecule has 0 fully saturated rings. The summed E-state index contributed by atoms with van der Waals surface area (Å²) in [5, 5.41) is 0. The van der Waals surface area contributed by atoms with Crippen LogP contribution in [0.25, 0.3) is 0 Å². The number of amides is 1. The smallest absolute Gasteiger partial charge is 0.306 e. The van der Waals surface area contributed by atoms with Gasteiger partial charge in [0.15, 0.2) is 0 Å². The van der Waals surface area contributed by atoms with Crippen molar-refractivity contribution in [2.24, 2.45) is 0 Å². The molecule has 0 saturated heterocycles. The SMILES string of the molecule is COCCN(Cc1ccc(OS(C)(=O)=O)cc1)C(=O)c1ccc(C)cc1. The number of carbonyl (C=O) groups is 1. The molecule has 26 heavy (non-hydrogen) atoms. The van der Waals surface area contributed by atoms with Crippen molar-refractivity contribution in [3.63, 3.8) is 0 Å². The summed E-state index contributed by atoms with van der Waals surface area (Å²) in [5.74, 6) is 0.156. The van der Waals surface area contributed by atoms with Crippen LogP contribution < -0.4 is 4.18 Å². The minimum Gasteiger partial charge on any atom is -0.383 e. The second-order valence-electron chi connectivity index (χ2n) is 6.02. The average molecular weight is 377 g/mol. The lowest BCUT2D eigenvalue weighted by atomic mass is 10.1. The lowest BCUT2D eigenvalue weighted by Gasteiger charge is -2.23. The molecule has 0 aliphatic carbocycles. The Labute approximate surface area is 154 Å². The average Bonchev–Trinajstić information content (AvgIpc) is 2.59. The summed E-state index contributed by atoms with van der Waals surface area (Å²) in [6.45, 7) is 3.23. The Morgan fingerprint density at radius 3 is 2.19 bits per heavy atom. The number of hydrogen-bond acceptors (Lipinski definition) is 5. The first-order chi connectivity index (χ1) is 12.3. The Morgan fingerprint density at radius 2 is 1.65 bits per heavy atom. The van der Waals surface area contributed by atoms with Gasteiger partial charge < -0.3 is 13.8 Å². The van der Waals surface area contributed by atoms with Crippen molar-refractivity contribution in [1.82, 2.24) is 4.90 Å². The fourth-order valence-corrected chi connectivity index (χ4v) is 2.84. The molecule has 0 unspecified atom stereocenters. The van der Waals surface area contributed by atoms with Gasteiger partial charge in [-0.1, -0.05) is 29.8 Å².